The van der Waals surface area contributed by atoms with E-state index in [0.29, 0.717) is 13.0 Å². The Hall–Kier alpha value is -1.35. The molecule has 1 aliphatic rings. The zero-order valence-electron chi connectivity index (χ0n) is 10.4. The normalized spacial score (nSPS) is 16.6. The van der Waals surface area contributed by atoms with Gasteiger partial charge in [-0.3, -0.25) is 4.79 Å². The Kier molecular flexibility index (Phi) is 3.48. The lowest BCUT2D eigenvalue weighted by Gasteiger charge is -2.22. The van der Waals surface area contributed by atoms with E-state index in [4.69, 9.17) is 5.73 Å². The van der Waals surface area contributed by atoms with Gasteiger partial charge in [-0.2, -0.15) is 0 Å². The topological polar surface area (TPSA) is 46.3 Å². The van der Waals surface area contributed by atoms with Gasteiger partial charge in [-0.15, -0.1) is 0 Å². The van der Waals surface area contributed by atoms with Crippen molar-refractivity contribution in [3.8, 4) is 0 Å². The first-order valence-corrected chi connectivity index (χ1v) is 6.13. The third kappa shape index (κ3) is 3.07. The lowest BCUT2D eigenvalue weighted by atomic mass is 10.1. The number of benzene rings is 1. The maximum atomic E-state index is 12.0. The molecule has 0 bridgehead atoms. The van der Waals surface area contributed by atoms with Crippen LogP contribution in [0.3, 0.4) is 0 Å². The fourth-order valence-electron chi connectivity index (χ4n) is 2.10. The summed E-state index contributed by atoms with van der Waals surface area (Å²) in [5.74, 6) is 0.177. The molecule has 1 aliphatic carbocycles. The molecule has 1 amide bonds. The summed E-state index contributed by atoms with van der Waals surface area (Å²) in [5, 5.41) is 0. The second-order valence-corrected chi connectivity index (χ2v) is 5.12. The Morgan fingerprint density at radius 2 is 2.00 bits per heavy atom. The van der Waals surface area contributed by atoms with Crippen LogP contribution in [0.2, 0.25) is 0 Å². The molecule has 1 saturated carbocycles. The van der Waals surface area contributed by atoms with Crippen LogP contribution in [0.5, 0.6) is 0 Å². The molecular weight excluding hydrogens is 212 g/mol. The standard InChI is InChI=1S/C14H20N2O/c1-16(11-14(10-15)7-8-14)13(17)9-12-5-3-2-4-6-12/h2-6H,7-11,15H2,1H3. The highest BCUT2D eigenvalue weighted by Crippen LogP contribution is 2.44. The fraction of sp³-hybridized carbons (Fsp3) is 0.500. The summed E-state index contributed by atoms with van der Waals surface area (Å²) in [5.41, 5.74) is 7.03. The molecule has 92 valence electrons. The second-order valence-electron chi connectivity index (χ2n) is 5.12. The minimum absolute atomic E-state index is 0.177. The van der Waals surface area contributed by atoms with E-state index in [-0.39, 0.29) is 11.3 Å². The van der Waals surface area contributed by atoms with Crippen LogP contribution in [-0.4, -0.2) is 30.9 Å². The molecule has 0 heterocycles. The summed E-state index contributed by atoms with van der Waals surface area (Å²) in [7, 11) is 1.88. The molecule has 3 nitrogen and oxygen atoms in total. The van der Waals surface area contributed by atoms with Gasteiger partial charge in [0.2, 0.25) is 5.91 Å². The third-order valence-electron chi connectivity index (χ3n) is 3.59. The molecular formula is C14H20N2O. The zero-order chi connectivity index (χ0) is 12.3. The van der Waals surface area contributed by atoms with Crippen LogP contribution in [0, 0.1) is 5.41 Å². The summed E-state index contributed by atoms with van der Waals surface area (Å²) in [6.07, 6.45) is 2.80. The predicted molar refractivity (Wildman–Crippen MR) is 68.5 cm³/mol. The number of hydrogen-bond donors (Lipinski definition) is 1. The van der Waals surface area contributed by atoms with E-state index in [9.17, 15) is 4.79 Å². The van der Waals surface area contributed by atoms with E-state index in [1.807, 2.05) is 42.3 Å². The van der Waals surface area contributed by atoms with Crippen molar-refractivity contribution in [2.24, 2.45) is 11.1 Å². The maximum Gasteiger partial charge on any atom is 0.226 e. The average molecular weight is 232 g/mol. The predicted octanol–water partition coefficient (Wildman–Crippen LogP) is 1.43. The minimum Gasteiger partial charge on any atom is -0.345 e. The van der Waals surface area contributed by atoms with Gasteiger partial charge in [0.25, 0.3) is 0 Å². The maximum absolute atomic E-state index is 12.0. The number of carbonyl (C=O) groups excluding carboxylic acids is 1. The van der Waals surface area contributed by atoms with Gasteiger partial charge in [-0.25, -0.2) is 0 Å². The molecule has 1 aromatic carbocycles. The first-order valence-electron chi connectivity index (χ1n) is 6.13. The number of amides is 1. The van der Waals surface area contributed by atoms with E-state index in [1.54, 1.807) is 0 Å². The van der Waals surface area contributed by atoms with Gasteiger partial charge in [-0.1, -0.05) is 30.3 Å². The van der Waals surface area contributed by atoms with Gasteiger partial charge in [-0.05, 0) is 24.9 Å². The molecule has 0 aromatic heterocycles. The summed E-state index contributed by atoms with van der Waals surface area (Å²) in [6, 6.07) is 9.87. The molecule has 0 atom stereocenters. The second kappa shape index (κ2) is 4.88. The first kappa shape index (κ1) is 12.1. The minimum atomic E-state index is 0.177. The average Bonchev–Trinajstić information content (AvgIpc) is 3.11. The highest BCUT2D eigenvalue weighted by Gasteiger charge is 2.42. The van der Waals surface area contributed by atoms with Crippen molar-refractivity contribution >= 4 is 5.91 Å². The molecule has 0 saturated heterocycles. The lowest BCUT2D eigenvalue weighted by Crippen LogP contribution is -2.36. The molecule has 2 N–H and O–H groups in total. The van der Waals surface area contributed by atoms with Gasteiger partial charge >= 0.3 is 0 Å². The number of nitrogens with zero attached hydrogens (tertiary/aromatic N) is 1. The smallest absolute Gasteiger partial charge is 0.226 e. The Morgan fingerprint density at radius 1 is 1.35 bits per heavy atom. The quantitative estimate of drug-likeness (QED) is 0.834. The summed E-state index contributed by atoms with van der Waals surface area (Å²) in [4.78, 5) is 13.8. The Morgan fingerprint density at radius 3 is 2.53 bits per heavy atom. The van der Waals surface area contributed by atoms with Crippen LogP contribution in [0.15, 0.2) is 30.3 Å². The van der Waals surface area contributed by atoms with Gasteiger partial charge < -0.3 is 10.6 Å². The number of carbonyl (C=O) groups is 1. The summed E-state index contributed by atoms with van der Waals surface area (Å²) < 4.78 is 0. The Labute approximate surface area is 103 Å². The SMILES string of the molecule is CN(CC1(CN)CC1)C(=O)Cc1ccccc1. The van der Waals surface area contributed by atoms with Crippen molar-refractivity contribution in [1.82, 2.24) is 4.90 Å². The Bertz CT molecular complexity index is 384. The van der Waals surface area contributed by atoms with E-state index < -0.39 is 0 Å². The van der Waals surface area contributed by atoms with Gasteiger partial charge in [0.05, 0.1) is 6.42 Å². The number of hydrogen-bond acceptors (Lipinski definition) is 2. The third-order valence-corrected chi connectivity index (χ3v) is 3.59. The lowest BCUT2D eigenvalue weighted by molar-refractivity contribution is -0.129. The molecule has 17 heavy (non-hydrogen) atoms. The Balaban J connectivity index is 1.88. The molecule has 0 unspecified atom stereocenters. The van der Waals surface area contributed by atoms with Crippen molar-refractivity contribution < 1.29 is 4.79 Å². The van der Waals surface area contributed by atoms with Crippen LogP contribution >= 0.6 is 0 Å². The zero-order valence-corrected chi connectivity index (χ0v) is 10.4. The summed E-state index contributed by atoms with van der Waals surface area (Å²) in [6.45, 7) is 1.49. The first-order chi connectivity index (χ1) is 8.15. The number of likely N-dealkylation sites (N-methyl/N-ethyl adjacent to an activating group) is 1. The molecule has 3 heteroatoms. The van der Waals surface area contributed by atoms with Gasteiger partial charge in [0.15, 0.2) is 0 Å². The molecule has 1 fully saturated rings. The van der Waals surface area contributed by atoms with Crippen LogP contribution in [0.4, 0.5) is 0 Å². The highest BCUT2D eigenvalue weighted by molar-refractivity contribution is 5.78. The molecule has 0 radical (unpaired) electrons. The fourth-order valence-corrected chi connectivity index (χ4v) is 2.10. The number of nitrogens with two attached hydrogens (primary N) is 1. The highest BCUT2D eigenvalue weighted by atomic mass is 16.2. The van der Waals surface area contributed by atoms with Crippen molar-refractivity contribution in [2.45, 2.75) is 19.3 Å². The molecule has 0 aliphatic heterocycles. The molecule has 0 spiro atoms. The number of rotatable bonds is 5. The summed E-state index contributed by atoms with van der Waals surface area (Å²) >= 11 is 0. The van der Waals surface area contributed by atoms with Gasteiger partial charge in [0.1, 0.15) is 0 Å². The largest absolute Gasteiger partial charge is 0.345 e. The monoisotopic (exact) mass is 232 g/mol. The van der Waals surface area contributed by atoms with E-state index in [2.05, 4.69) is 0 Å². The van der Waals surface area contributed by atoms with E-state index in [1.165, 1.54) is 0 Å². The van der Waals surface area contributed by atoms with Crippen LogP contribution < -0.4 is 5.73 Å². The molecule has 2 rings (SSSR count). The van der Waals surface area contributed by atoms with Crippen molar-refractivity contribution in [3.63, 3.8) is 0 Å². The van der Waals surface area contributed by atoms with Crippen molar-refractivity contribution in [3.05, 3.63) is 35.9 Å². The molecule has 1 aromatic rings. The van der Waals surface area contributed by atoms with Crippen LogP contribution in [-0.2, 0) is 11.2 Å². The van der Waals surface area contributed by atoms with E-state index in [0.717, 1.165) is 24.9 Å². The van der Waals surface area contributed by atoms with Crippen molar-refractivity contribution in [1.29, 1.82) is 0 Å². The van der Waals surface area contributed by atoms with Gasteiger partial charge in [0, 0.05) is 19.0 Å². The van der Waals surface area contributed by atoms with Crippen LogP contribution in [0.1, 0.15) is 18.4 Å². The van der Waals surface area contributed by atoms with E-state index >= 15 is 0 Å². The van der Waals surface area contributed by atoms with Crippen molar-refractivity contribution in [2.75, 3.05) is 20.1 Å². The van der Waals surface area contributed by atoms with Crippen LogP contribution in [0.25, 0.3) is 0 Å².